The first-order chi connectivity index (χ1) is 11.0. The Morgan fingerprint density at radius 1 is 1.30 bits per heavy atom. The Labute approximate surface area is 137 Å². The topological polar surface area (TPSA) is 99.5 Å². The summed E-state index contributed by atoms with van der Waals surface area (Å²) in [6, 6.07) is 6.30. The van der Waals surface area contributed by atoms with E-state index in [4.69, 9.17) is 5.11 Å². The average molecular weight is 334 g/mol. The lowest BCUT2D eigenvalue weighted by molar-refractivity contribution is -0.141. The van der Waals surface area contributed by atoms with Gasteiger partial charge in [0.2, 0.25) is 0 Å². The van der Waals surface area contributed by atoms with Crippen molar-refractivity contribution in [3.63, 3.8) is 0 Å². The molecule has 1 amide bonds. The van der Waals surface area contributed by atoms with Gasteiger partial charge < -0.3 is 15.5 Å². The number of amides is 1. The summed E-state index contributed by atoms with van der Waals surface area (Å²) in [4.78, 5) is 27.2. The molecule has 0 aliphatic carbocycles. The highest BCUT2D eigenvalue weighted by atomic mass is 32.1. The molecule has 3 N–H and O–H groups in total. The monoisotopic (exact) mass is 334 g/mol. The number of hydrogen-bond acceptors (Lipinski definition) is 5. The van der Waals surface area contributed by atoms with Crippen LogP contribution >= 0.6 is 11.3 Å². The molecule has 0 unspecified atom stereocenters. The van der Waals surface area contributed by atoms with Gasteiger partial charge in [-0.15, -0.1) is 11.3 Å². The fourth-order valence-electron chi connectivity index (χ4n) is 2.22. The molecule has 0 radical (unpaired) electrons. The van der Waals surface area contributed by atoms with E-state index in [-0.39, 0.29) is 17.7 Å². The number of thiazole rings is 1. The molecule has 7 heteroatoms. The highest BCUT2D eigenvalue weighted by Crippen LogP contribution is 2.16. The number of carboxylic acids is 1. The molecule has 1 aromatic carbocycles. The maximum atomic E-state index is 12.2. The van der Waals surface area contributed by atoms with E-state index >= 15 is 0 Å². The van der Waals surface area contributed by atoms with E-state index in [9.17, 15) is 14.7 Å². The first-order valence-corrected chi connectivity index (χ1v) is 8.09. The second-order valence-corrected chi connectivity index (χ2v) is 6.11. The van der Waals surface area contributed by atoms with Gasteiger partial charge in [-0.3, -0.25) is 9.59 Å². The lowest BCUT2D eigenvalue weighted by Crippen LogP contribution is -2.38. The summed E-state index contributed by atoms with van der Waals surface area (Å²) in [5.74, 6) is -1.63. The average Bonchev–Trinajstić information content (AvgIpc) is 3.03. The molecule has 2 rings (SSSR count). The van der Waals surface area contributed by atoms with Crippen molar-refractivity contribution < 1.29 is 19.8 Å². The van der Waals surface area contributed by atoms with Gasteiger partial charge in [0.15, 0.2) is 0 Å². The normalized spacial score (nSPS) is 13.3. The molecular formula is C16H18N2O4S. The Balaban J connectivity index is 2.08. The number of benzene rings is 1. The fraction of sp³-hybridized carbons (Fsp3) is 0.312. The minimum absolute atomic E-state index is 0.163. The number of carbonyl (C=O) groups is 2. The zero-order chi connectivity index (χ0) is 16.8. The molecule has 122 valence electrons. The minimum atomic E-state index is -0.899. The second kappa shape index (κ2) is 7.73. The lowest BCUT2D eigenvalue weighted by Gasteiger charge is -2.20. The zero-order valence-corrected chi connectivity index (χ0v) is 13.4. The zero-order valence-electron chi connectivity index (χ0n) is 12.6. The quantitative estimate of drug-likeness (QED) is 0.721. The highest BCUT2D eigenvalue weighted by Gasteiger charge is 2.21. The van der Waals surface area contributed by atoms with E-state index in [0.717, 1.165) is 5.56 Å². The summed E-state index contributed by atoms with van der Waals surface area (Å²) in [6.07, 6.45) is 0.792. The maximum Gasteiger partial charge on any atom is 0.306 e. The number of phenols is 1. The van der Waals surface area contributed by atoms with E-state index < -0.39 is 11.9 Å². The van der Waals surface area contributed by atoms with Crippen molar-refractivity contribution >= 4 is 23.2 Å². The molecule has 0 aliphatic heterocycles. The standard InChI is InChI=1S/C16H18N2O4S/c1-10(16(21)22)6-12(7-11-2-4-13(19)5-3-11)18-15(20)14-8-23-9-17-14/h2-5,8-10,12,19H,6-7H2,1H3,(H,18,20)(H,21,22)/t10-,12+/m0/s1. The number of carbonyl (C=O) groups excluding carboxylic acids is 1. The van der Waals surface area contributed by atoms with Gasteiger partial charge in [-0.1, -0.05) is 19.1 Å². The van der Waals surface area contributed by atoms with Gasteiger partial charge in [0.1, 0.15) is 11.4 Å². The van der Waals surface area contributed by atoms with Gasteiger partial charge in [-0.05, 0) is 30.5 Å². The number of nitrogens with zero attached hydrogens (tertiary/aromatic N) is 1. The van der Waals surface area contributed by atoms with Crippen molar-refractivity contribution in [2.75, 3.05) is 0 Å². The summed E-state index contributed by atoms with van der Waals surface area (Å²) in [5.41, 5.74) is 2.81. The summed E-state index contributed by atoms with van der Waals surface area (Å²) < 4.78 is 0. The van der Waals surface area contributed by atoms with Crippen molar-refractivity contribution in [2.24, 2.45) is 5.92 Å². The van der Waals surface area contributed by atoms with Crippen LogP contribution in [-0.4, -0.2) is 33.1 Å². The molecular weight excluding hydrogens is 316 g/mol. The van der Waals surface area contributed by atoms with Gasteiger partial charge in [0.25, 0.3) is 5.91 Å². The Kier molecular flexibility index (Phi) is 5.70. The van der Waals surface area contributed by atoms with Crippen molar-refractivity contribution in [3.05, 3.63) is 46.4 Å². The summed E-state index contributed by atoms with van der Waals surface area (Å²) >= 11 is 1.33. The summed E-state index contributed by atoms with van der Waals surface area (Å²) in [7, 11) is 0. The molecule has 0 fully saturated rings. The predicted molar refractivity (Wildman–Crippen MR) is 86.6 cm³/mol. The molecule has 2 aromatic rings. The first kappa shape index (κ1) is 17.0. The van der Waals surface area contributed by atoms with Crippen LogP contribution in [-0.2, 0) is 11.2 Å². The van der Waals surface area contributed by atoms with Crippen LogP contribution in [0.3, 0.4) is 0 Å². The van der Waals surface area contributed by atoms with E-state index in [0.29, 0.717) is 18.5 Å². The van der Waals surface area contributed by atoms with Gasteiger partial charge in [0.05, 0.1) is 11.4 Å². The molecule has 0 bridgehead atoms. The molecule has 23 heavy (non-hydrogen) atoms. The van der Waals surface area contributed by atoms with Crippen LogP contribution in [0.1, 0.15) is 29.4 Å². The van der Waals surface area contributed by atoms with Crippen molar-refractivity contribution in [2.45, 2.75) is 25.8 Å². The molecule has 1 heterocycles. The smallest absolute Gasteiger partial charge is 0.306 e. The van der Waals surface area contributed by atoms with Crippen LogP contribution in [0, 0.1) is 5.92 Å². The van der Waals surface area contributed by atoms with Crippen LogP contribution in [0.5, 0.6) is 5.75 Å². The number of aromatic hydroxyl groups is 1. The molecule has 0 saturated heterocycles. The molecule has 2 atom stereocenters. The molecule has 1 aromatic heterocycles. The fourth-order valence-corrected chi connectivity index (χ4v) is 2.75. The minimum Gasteiger partial charge on any atom is -0.508 e. The largest absolute Gasteiger partial charge is 0.508 e. The third-order valence-electron chi connectivity index (χ3n) is 3.48. The van der Waals surface area contributed by atoms with Crippen molar-refractivity contribution in [3.8, 4) is 5.75 Å². The summed E-state index contributed by atoms with van der Waals surface area (Å²) in [6.45, 7) is 1.61. The second-order valence-electron chi connectivity index (χ2n) is 5.39. The lowest BCUT2D eigenvalue weighted by atomic mass is 9.96. The molecule has 0 spiro atoms. The van der Waals surface area contributed by atoms with Crippen molar-refractivity contribution in [1.82, 2.24) is 10.3 Å². The number of phenolic OH excluding ortho intramolecular Hbond substituents is 1. The number of aromatic nitrogens is 1. The maximum absolute atomic E-state index is 12.2. The third-order valence-corrected chi connectivity index (χ3v) is 4.06. The number of carboxylic acid groups (broad SMARTS) is 1. The summed E-state index contributed by atoms with van der Waals surface area (Å²) in [5, 5.41) is 22.9. The number of aliphatic carboxylic acids is 1. The third kappa shape index (κ3) is 5.07. The van der Waals surface area contributed by atoms with Crippen LogP contribution in [0.15, 0.2) is 35.2 Å². The SMILES string of the molecule is C[C@@H](C[C@H](Cc1ccc(O)cc1)NC(=O)c1cscn1)C(=O)O. The van der Waals surface area contributed by atoms with Crippen LogP contribution < -0.4 is 5.32 Å². The van der Waals surface area contributed by atoms with Crippen LogP contribution in [0.4, 0.5) is 0 Å². The number of hydrogen-bond donors (Lipinski definition) is 3. The van der Waals surface area contributed by atoms with Crippen molar-refractivity contribution in [1.29, 1.82) is 0 Å². The predicted octanol–water partition coefficient (Wildman–Crippen LogP) is 2.30. The van der Waals surface area contributed by atoms with E-state index in [1.165, 1.54) is 11.3 Å². The van der Waals surface area contributed by atoms with Gasteiger partial charge in [0, 0.05) is 11.4 Å². The van der Waals surface area contributed by atoms with E-state index in [2.05, 4.69) is 10.3 Å². The van der Waals surface area contributed by atoms with Crippen LogP contribution in [0.2, 0.25) is 0 Å². The molecule has 0 saturated carbocycles. The first-order valence-electron chi connectivity index (χ1n) is 7.15. The molecule has 0 aliphatic rings. The Hall–Kier alpha value is -2.41. The number of nitrogens with one attached hydrogen (secondary N) is 1. The Bertz CT molecular complexity index is 655. The van der Waals surface area contributed by atoms with Gasteiger partial charge in [-0.2, -0.15) is 0 Å². The van der Waals surface area contributed by atoms with Gasteiger partial charge in [-0.25, -0.2) is 4.98 Å². The van der Waals surface area contributed by atoms with Crippen LogP contribution in [0.25, 0.3) is 0 Å². The van der Waals surface area contributed by atoms with Gasteiger partial charge >= 0.3 is 5.97 Å². The van der Waals surface area contributed by atoms with E-state index in [1.807, 2.05) is 0 Å². The molecule has 6 nitrogen and oxygen atoms in total. The van der Waals surface area contributed by atoms with E-state index in [1.54, 1.807) is 42.1 Å². The number of rotatable bonds is 7. The highest BCUT2D eigenvalue weighted by molar-refractivity contribution is 7.07. The Morgan fingerprint density at radius 2 is 2.00 bits per heavy atom. The Morgan fingerprint density at radius 3 is 2.57 bits per heavy atom.